The lowest BCUT2D eigenvalue weighted by atomic mass is 10.3. The fourth-order valence-corrected chi connectivity index (χ4v) is 1.61. The first-order valence-corrected chi connectivity index (χ1v) is 5.63. The van der Waals surface area contributed by atoms with Crippen molar-refractivity contribution in [2.75, 3.05) is 6.54 Å². The number of para-hydroxylation sites is 2. The molecule has 0 bridgehead atoms. The minimum absolute atomic E-state index is 0.420. The molecule has 0 aliphatic rings. The van der Waals surface area contributed by atoms with Gasteiger partial charge in [-0.2, -0.15) is 4.57 Å². The van der Waals surface area contributed by atoms with Crippen LogP contribution in [0.5, 0.6) is 0 Å². The molecule has 0 saturated heterocycles. The number of fused-ring (bicyclic) bond motifs is 1. The Morgan fingerprint density at radius 2 is 2.18 bits per heavy atom. The topological polar surface area (TPSA) is 64.2 Å². The van der Waals surface area contributed by atoms with Gasteiger partial charge in [-0.05, 0) is 18.6 Å². The summed E-state index contributed by atoms with van der Waals surface area (Å²) in [4.78, 5) is 23.4. The Morgan fingerprint density at radius 3 is 2.94 bits per heavy atom. The molecule has 0 aliphatic carbocycles. The fourth-order valence-electron chi connectivity index (χ4n) is 1.61. The molecule has 0 fully saturated rings. The number of aromatic nitrogens is 1. The molecule has 2 rings (SSSR count). The van der Waals surface area contributed by atoms with E-state index in [0.717, 1.165) is 17.4 Å². The molecule has 0 unspecified atom stereocenters. The summed E-state index contributed by atoms with van der Waals surface area (Å²) in [5.41, 5.74) is 0.912. The van der Waals surface area contributed by atoms with Crippen molar-refractivity contribution < 1.29 is 9.21 Å². The van der Waals surface area contributed by atoms with Gasteiger partial charge < -0.3 is 9.73 Å². The lowest BCUT2D eigenvalue weighted by Gasteiger charge is -2.03. The maximum atomic E-state index is 11.8. The van der Waals surface area contributed by atoms with Crippen LogP contribution in [-0.4, -0.2) is 17.1 Å². The molecular weight excluding hydrogens is 220 g/mol. The van der Waals surface area contributed by atoms with Crippen molar-refractivity contribution in [2.45, 2.75) is 19.8 Å². The van der Waals surface area contributed by atoms with E-state index in [0.29, 0.717) is 17.6 Å². The third-order valence-electron chi connectivity index (χ3n) is 2.50. The van der Waals surface area contributed by atoms with E-state index < -0.39 is 11.8 Å². The fraction of sp³-hybridized carbons (Fsp3) is 0.333. The first-order chi connectivity index (χ1) is 8.24. The van der Waals surface area contributed by atoms with E-state index in [9.17, 15) is 9.59 Å². The second kappa shape index (κ2) is 4.86. The first-order valence-electron chi connectivity index (χ1n) is 5.63. The van der Waals surface area contributed by atoms with Crippen molar-refractivity contribution >= 4 is 17.1 Å². The van der Waals surface area contributed by atoms with Crippen molar-refractivity contribution in [2.24, 2.45) is 0 Å². The maximum Gasteiger partial charge on any atom is 0.428 e. The molecule has 1 amide bonds. The first kappa shape index (κ1) is 11.4. The Balaban J connectivity index is 2.31. The van der Waals surface area contributed by atoms with Crippen molar-refractivity contribution in [3.63, 3.8) is 0 Å². The van der Waals surface area contributed by atoms with Gasteiger partial charge >= 0.3 is 11.8 Å². The molecule has 17 heavy (non-hydrogen) atoms. The Labute approximate surface area is 98.0 Å². The van der Waals surface area contributed by atoms with Crippen LogP contribution in [0.25, 0.3) is 11.1 Å². The summed E-state index contributed by atoms with van der Waals surface area (Å²) in [5.74, 6) is -0.653. The average molecular weight is 234 g/mol. The minimum Gasteiger partial charge on any atom is -0.407 e. The van der Waals surface area contributed by atoms with Gasteiger partial charge in [0.1, 0.15) is 0 Å². The SMILES string of the molecule is CCCCNC(=O)n1c(=O)oc2ccccc21. The van der Waals surface area contributed by atoms with Crippen LogP contribution in [0.4, 0.5) is 4.79 Å². The maximum absolute atomic E-state index is 11.8. The number of carbonyl (C=O) groups excluding carboxylic acids is 1. The van der Waals surface area contributed by atoms with Crippen LogP contribution in [-0.2, 0) is 0 Å². The van der Waals surface area contributed by atoms with Gasteiger partial charge in [0.2, 0.25) is 0 Å². The largest absolute Gasteiger partial charge is 0.428 e. The molecule has 0 aliphatic heterocycles. The number of hydrogen-bond donors (Lipinski definition) is 1. The number of nitrogens with zero attached hydrogens (tertiary/aromatic N) is 1. The molecule has 1 N–H and O–H groups in total. The van der Waals surface area contributed by atoms with Crippen molar-refractivity contribution in [3.8, 4) is 0 Å². The standard InChI is InChI=1S/C12H14N2O3/c1-2-3-8-13-11(15)14-9-6-4-5-7-10(9)17-12(14)16/h4-7H,2-3,8H2,1H3,(H,13,15). The second-order valence-electron chi connectivity index (χ2n) is 3.76. The highest BCUT2D eigenvalue weighted by atomic mass is 16.4. The van der Waals surface area contributed by atoms with E-state index in [1.54, 1.807) is 24.3 Å². The number of carbonyl (C=O) groups is 1. The number of amides is 1. The molecule has 1 heterocycles. The summed E-state index contributed by atoms with van der Waals surface area (Å²) in [6.45, 7) is 2.59. The van der Waals surface area contributed by atoms with E-state index in [1.807, 2.05) is 6.92 Å². The Bertz CT molecular complexity index is 583. The molecule has 0 spiro atoms. The third-order valence-corrected chi connectivity index (χ3v) is 2.50. The molecule has 0 radical (unpaired) electrons. The minimum atomic E-state index is -0.653. The normalized spacial score (nSPS) is 10.6. The number of nitrogens with one attached hydrogen (secondary N) is 1. The van der Waals surface area contributed by atoms with Crippen molar-refractivity contribution in [3.05, 3.63) is 34.8 Å². The lowest BCUT2D eigenvalue weighted by Crippen LogP contribution is -2.34. The summed E-state index contributed by atoms with van der Waals surface area (Å²) in [7, 11) is 0. The highest BCUT2D eigenvalue weighted by molar-refractivity contribution is 5.87. The van der Waals surface area contributed by atoms with Crippen LogP contribution in [0.2, 0.25) is 0 Å². The molecule has 90 valence electrons. The van der Waals surface area contributed by atoms with Gasteiger partial charge in [0, 0.05) is 6.54 Å². The Morgan fingerprint density at radius 1 is 1.41 bits per heavy atom. The summed E-state index contributed by atoms with van der Waals surface area (Å²) in [5, 5.41) is 2.68. The molecular formula is C12H14N2O3. The van der Waals surface area contributed by atoms with Crippen LogP contribution >= 0.6 is 0 Å². The van der Waals surface area contributed by atoms with Crippen LogP contribution in [0.3, 0.4) is 0 Å². The van der Waals surface area contributed by atoms with Crippen LogP contribution in [0.1, 0.15) is 19.8 Å². The van der Waals surface area contributed by atoms with Gasteiger partial charge in [0.15, 0.2) is 5.58 Å². The quantitative estimate of drug-likeness (QED) is 0.825. The molecule has 0 atom stereocenters. The smallest absolute Gasteiger partial charge is 0.407 e. The zero-order valence-electron chi connectivity index (χ0n) is 9.60. The summed E-state index contributed by atoms with van der Waals surface area (Å²) in [6.07, 6.45) is 1.87. The number of unbranched alkanes of at least 4 members (excludes halogenated alkanes) is 1. The number of benzene rings is 1. The average Bonchev–Trinajstić information content (AvgIpc) is 2.65. The predicted molar refractivity (Wildman–Crippen MR) is 64.2 cm³/mol. The van der Waals surface area contributed by atoms with Crippen LogP contribution in [0.15, 0.2) is 33.5 Å². The van der Waals surface area contributed by atoms with Crippen molar-refractivity contribution in [1.29, 1.82) is 0 Å². The van der Waals surface area contributed by atoms with Crippen LogP contribution < -0.4 is 11.1 Å². The molecule has 0 saturated carbocycles. The third kappa shape index (κ3) is 2.22. The monoisotopic (exact) mass is 234 g/mol. The summed E-state index contributed by atoms with van der Waals surface area (Å²) >= 11 is 0. The van der Waals surface area contributed by atoms with Crippen molar-refractivity contribution in [1.82, 2.24) is 9.88 Å². The summed E-state index contributed by atoms with van der Waals surface area (Å²) in [6, 6.07) is 6.41. The molecule has 1 aromatic heterocycles. The number of oxazole rings is 1. The van der Waals surface area contributed by atoms with Gasteiger partial charge in [-0.1, -0.05) is 25.5 Å². The van der Waals surface area contributed by atoms with E-state index in [-0.39, 0.29) is 0 Å². The van der Waals surface area contributed by atoms with Gasteiger partial charge in [0.25, 0.3) is 0 Å². The van der Waals surface area contributed by atoms with E-state index in [4.69, 9.17) is 4.42 Å². The Hall–Kier alpha value is -2.04. The highest BCUT2D eigenvalue weighted by Gasteiger charge is 2.14. The van der Waals surface area contributed by atoms with Gasteiger partial charge in [-0.3, -0.25) is 0 Å². The Kier molecular flexibility index (Phi) is 3.27. The second-order valence-corrected chi connectivity index (χ2v) is 3.76. The highest BCUT2D eigenvalue weighted by Crippen LogP contribution is 2.10. The summed E-state index contributed by atoms with van der Waals surface area (Å²) < 4.78 is 5.99. The number of hydrogen-bond acceptors (Lipinski definition) is 3. The molecule has 5 heteroatoms. The molecule has 2 aromatic rings. The zero-order chi connectivity index (χ0) is 12.3. The predicted octanol–water partition coefficient (Wildman–Crippen LogP) is 1.95. The van der Waals surface area contributed by atoms with E-state index >= 15 is 0 Å². The number of rotatable bonds is 3. The lowest BCUT2D eigenvalue weighted by molar-refractivity contribution is 0.241. The van der Waals surface area contributed by atoms with E-state index in [1.165, 1.54) is 0 Å². The van der Waals surface area contributed by atoms with E-state index in [2.05, 4.69) is 5.32 Å². The molecule has 5 nitrogen and oxygen atoms in total. The van der Waals surface area contributed by atoms with Crippen LogP contribution in [0, 0.1) is 0 Å². The van der Waals surface area contributed by atoms with Gasteiger partial charge in [0.05, 0.1) is 5.52 Å². The van der Waals surface area contributed by atoms with Gasteiger partial charge in [-0.25, -0.2) is 9.59 Å². The molecule has 1 aromatic carbocycles. The zero-order valence-corrected chi connectivity index (χ0v) is 9.60. The van der Waals surface area contributed by atoms with Gasteiger partial charge in [-0.15, -0.1) is 0 Å².